The first-order valence-electron chi connectivity index (χ1n) is 23.7. The van der Waals surface area contributed by atoms with Crippen molar-refractivity contribution in [3.05, 3.63) is 71.6 Å². The summed E-state index contributed by atoms with van der Waals surface area (Å²) in [6, 6.07) is 20.8. The van der Waals surface area contributed by atoms with E-state index < -0.39 is 5.97 Å². The largest absolute Gasteiger partial charge is 0.478 e. The van der Waals surface area contributed by atoms with Crippen LogP contribution in [0.2, 0.25) is 0 Å². The van der Waals surface area contributed by atoms with Gasteiger partial charge >= 0.3 is 5.97 Å². The second kappa shape index (κ2) is 28.8. The molecule has 1 aliphatic carbocycles. The van der Waals surface area contributed by atoms with E-state index in [4.69, 9.17) is 4.42 Å². The minimum Gasteiger partial charge on any atom is -0.478 e. The van der Waals surface area contributed by atoms with Crippen molar-refractivity contribution in [1.82, 2.24) is 4.58 Å². The number of fused-ring (bicyclic) bond motifs is 2. The van der Waals surface area contributed by atoms with Gasteiger partial charge in [0.25, 0.3) is 0 Å². The van der Waals surface area contributed by atoms with Gasteiger partial charge in [-0.1, -0.05) is 169 Å². The molecule has 322 valence electrons. The number of hydrogen-bond donors (Lipinski definition) is 1. The first-order chi connectivity index (χ1) is 28.0. The Morgan fingerprint density at radius 3 is 1.60 bits per heavy atom. The number of carboxylic acid groups (broad SMARTS) is 1. The van der Waals surface area contributed by atoms with E-state index in [2.05, 4.69) is 73.6 Å². The van der Waals surface area contributed by atoms with Gasteiger partial charge in [0.2, 0.25) is 5.36 Å². The van der Waals surface area contributed by atoms with Crippen LogP contribution in [0.4, 0.5) is 5.69 Å². The van der Waals surface area contributed by atoms with Gasteiger partial charge in [0, 0.05) is 60.3 Å². The molecule has 1 heterocycles. The minimum absolute atomic E-state index is 0. The maximum Gasteiger partial charge on any atom is 0.336 e. The Bertz CT molecular complexity index is 1720. The Kier molecular flexibility index (Phi) is 24.2. The number of hydrogen-bond acceptors (Lipinski definition) is 3. The summed E-state index contributed by atoms with van der Waals surface area (Å²) in [5.74, 6) is -0.0874. The lowest BCUT2D eigenvalue weighted by molar-refractivity contribution is 0.0697. The molecular formula is C53H83N2O3+. The SMILES string of the molecule is C.CCCCCCCCN(CCCCCCCC)c1ccc2c(-c3ccccc3C(=O)O)c3ccc(=[N+](CCCCCCCC)CCCCCCCC)cc-3oc2c1. The molecule has 1 N–H and O–H groups in total. The van der Waals surface area contributed by atoms with Crippen molar-refractivity contribution in [2.75, 3.05) is 31.1 Å². The monoisotopic (exact) mass is 796 g/mol. The number of carboxylic acids is 1. The molecule has 5 heteroatoms. The third kappa shape index (κ3) is 15.9. The molecule has 0 aromatic heterocycles. The normalized spacial score (nSPS) is 11.3. The van der Waals surface area contributed by atoms with E-state index in [0.717, 1.165) is 59.6 Å². The molecule has 0 bridgehead atoms. The van der Waals surface area contributed by atoms with Gasteiger partial charge in [0.15, 0.2) is 0 Å². The van der Waals surface area contributed by atoms with E-state index in [1.54, 1.807) is 6.07 Å². The van der Waals surface area contributed by atoms with Gasteiger partial charge in [0.05, 0.1) is 11.6 Å². The second-order valence-corrected chi connectivity index (χ2v) is 16.7. The molecule has 58 heavy (non-hydrogen) atoms. The van der Waals surface area contributed by atoms with Crippen LogP contribution >= 0.6 is 0 Å². The fourth-order valence-electron chi connectivity index (χ4n) is 8.51. The predicted octanol–water partition coefficient (Wildman–Crippen LogP) is 15.6. The molecule has 0 unspecified atom stereocenters. The third-order valence-electron chi connectivity index (χ3n) is 12.0. The lowest BCUT2D eigenvalue weighted by atomic mass is 9.90. The number of benzene rings is 3. The highest BCUT2D eigenvalue weighted by Crippen LogP contribution is 2.42. The zero-order valence-corrected chi connectivity index (χ0v) is 36.7. The first kappa shape index (κ1) is 48.8. The molecule has 0 saturated heterocycles. The lowest BCUT2D eigenvalue weighted by Crippen LogP contribution is -2.32. The molecule has 0 fully saturated rings. The van der Waals surface area contributed by atoms with Crippen molar-refractivity contribution in [1.29, 1.82) is 0 Å². The van der Waals surface area contributed by atoms with E-state index in [1.807, 2.05) is 18.2 Å². The van der Waals surface area contributed by atoms with Crippen molar-refractivity contribution < 1.29 is 14.3 Å². The molecular weight excluding hydrogens is 713 g/mol. The first-order valence-corrected chi connectivity index (χ1v) is 23.7. The van der Waals surface area contributed by atoms with Crippen LogP contribution in [0.1, 0.15) is 200 Å². The van der Waals surface area contributed by atoms with Gasteiger partial charge in [-0.05, 0) is 55.5 Å². The van der Waals surface area contributed by atoms with E-state index >= 15 is 0 Å². The van der Waals surface area contributed by atoms with E-state index in [9.17, 15) is 9.90 Å². The average Bonchev–Trinajstić information content (AvgIpc) is 3.22. The minimum atomic E-state index is -0.908. The summed E-state index contributed by atoms with van der Waals surface area (Å²) in [5, 5.41) is 12.5. The van der Waals surface area contributed by atoms with Crippen LogP contribution in [-0.2, 0) is 0 Å². The quantitative estimate of drug-likeness (QED) is 0.0313. The summed E-state index contributed by atoms with van der Waals surface area (Å²) >= 11 is 0. The summed E-state index contributed by atoms with van der Waals surface area (Å²) in [5.41, 5.74) is 4.99. The van der Waals surface area contributed by atoms with Crippen LogP contribution in [0.25, 0.3) is 33.4 Å². The van der Waals surface area contributed by atoms with E-state index in [-0.39, 0.29) is 7.43 Å². The molecule has 0 amide bonds. The molecule has 2 aliphatic rings. The van der Waals surface area contributed by atoms with Crippen molar-refractivity contribution in [3.63, 3.8) is 0 Å². The Labute approximate surface area is 354 Å². The van der Waals surface area contributed by atoms with Gasteiger partial charge in [-0.2, -0.15) is 0 Å². The summed E-state index contributed by atoms with van der Waals surface area (Å²) in [4.78, 5) is 15.2. The van der Waals surface area contributed by atoms with Gasteiger partial charge < -0.3 is 14.4 Å². The van der Waals surface area contributed by atoms with Crippen LogP contribution in [0.15, 0.2) is 65.1 Å². The standard InChI is InChI=1S/C52H78N2O3.CH4/c1-5-9-13-17-21-27-37-53(38-28-22-18-14-10-6-2)43-33-35-47-49(41-43)57-50-42-44(34-36-48(50)51(47)45-31-25-26-32-46(45)52(55)56)54(39-29-23-19-15-11-7-3)40-30-24-20-16-12-8-4;/h25-26,31-36,41-42H,5-24,27-30,37-40H2,1-4H3;1H4/p+1. The second-order valence-electron chi connectivity index (χ2n) is 16.7. The molecule has 0 radical (unpaired) electrons. The predicted molar refractivity (Wildman–Crippen MR) is 253 cm³/mol. The van der Waals surface area contributed by atoms with Crippen LogP contribution in [0.3, 0.4) is 0 Å². The van der Waals surface area contributed by atoms with E-state index in [0.29, 0.717) is 5.56 Å². The lowest BCUT2D eigenvalue weighted by Gasteiger charge is -2.26. The highest BCUT2D eigenvalue weighted by Gasteiger charge is 2.23. The highest BCUT2D eigenvalue weighted by atomic mass is 16.4. The average molecular weight is 796 g/mol. The Balaban J connectivity index is 0.00000900. The Morgan fingerprint density at radius 1 is 0.569 bits per heavy atom. The van der Waals surface area contributed by atoms with Crippen molar-refractivity contribution in [2.24, 2.45) is 0 Å². The number of rotatable bonds is 31. The van der Waals surface area contributed by atoms with Gasteiger partial charge in [-0.25, -0.2) is 9.37 Å². The Hall–Kier alpha value is -3.60. The third-order valence-corrected chi connectivity index (χ3v) is 12.0. The number of aromatic carboxylic acids is 1. The van der Waals surface area contributed by atoms with Gasteiger partial charge in [-0.3, -0.25) is 0 Å². The molecule has 4 rings (SSSR count). The van der Waals surface area contributed by atoms with Crippen molar-refractivity contribution in [2.45, 2.75) is 189 Å². The van der Waals surface area contributed by atoms with E-state index in [1.165, 1.54) is 165 Å². The summed E-state index contributed by atoms with van der Waals surface area (Å²) in [7, 11) is 0. The summed E-state index contributed by atoms with van der Waals surface area (Å²) in [6.07, 6.45) is 30.8. The molecule has 2 aromatic rings. The van der Waals surface area contributed by atoms with Crippen LogP contribution in [0, 0.1) is 0 Å². The molecule has 1 aliphatic heterocycles. The molecule has 2 aromatic carbocycles. The topological polar surface area (TPSA) is 56.7 Å². The number of anilines is 1. The number of unbranched alkanes of at least 4 members (excludes halogenated alkanes) is 20. The van der Waals surface area contributed by atoms with Crippen molar-refractivity contribution in [3.8, 4) is 22.5 Å². The van der Waals surface area contributed by atoms with Gasteiger partial charge in [-0.15, -0.1) is 0 Å². The van der Waals surface area contributed by atoms with Crippen molar-refractivity contribution >= 4 is 22.6 Å². The van der Waals surface area contributed by atoms with Crippen LogP contribution in [-0.4, -0.2) is 37.3 Å². The summed E-state index contributed by atoms with van der Waals surface area (Å²) < 4.78 is 9.56. The number of carbonyl (C=O) groups is 1. The zero-order valence-electron chi connectivity index (χ0n) is 36.7. The van der Waals surface area contributed by atoms with Gasteiger partial charge in [0.1, 0.15) is 24.4 Å². The fraction of sp³-hybridized carbons (Fsp3) is 0.623. The zero-order chi connectivity index (χ0) is 40.5. The van der Waals surface area contributed by atoms with Crippen LogP contribution < -0.4 is 14.8 Å². The highest BCUT2D eigenvalue weighted by molar-refractivity contribution is 6.07. The smallest absolute Gasteiger partial charge is 0.336 e. The number of nitrogens with zero attached hydrogens (tertiary/aromatic N) is 2. The molecule has 0 spiro atoms. The molecule has 0 atom stereocenters. The molecule has 0 saturated carbocycles. The summed E-state index contributed by atoms with van der Waals surface area (Å²) in [6.45, 7) is 13.3. The molecule has 5 nitrogen and oxygen atoms in total. The maximum atomic E-state index is 12.7. The Morgan fingerprint density at radius 2 is 1.07 bits per heavy atom. The fourth-order valence-corrected chi connectivity index (χ4v) is 8.51. The maximum absolute atomic E-state index is 12.7. The van der Waals surface area contributed by atoms with Crippen LogP contribution in [0.5, 0.6) is 0 Å².